The van der Waals surface area contributed by atoms with Crippen LogP contribution in [0.3, 0.4) is 0 Å². The maximum Gasteiger partial charge on any atom is 0.262 e. The molecule has 0 radical (unpaired) electrons. The number of benzene rings is 1. The van der Waals surface area contributed by atoms with Crippen molar-refractivity contribution in [2.45, 2.75) is 4.90 Å². The van der Waals surface area contributed by atoms with E-state index in [1.807, 2.05) is 0 Å². The summed E-state index contributed by atoms with van der Waals surface area (Å²) >= 11 is -0.966. The van der Waals surface area contributed by atoms with Crippen LogP contribution in [0.15, 0.2) is 26.9 Å². The lowest BCUT2D eigenvalue weighted by molar-refractivity contribution is 0.590. The molecule has 1 rings (SSSR count). The lowest BCUT2D eigenvalue weighted by Gasteiger charge is -2.02. The minimum atomic E-state index is -4.24. The normalized spacial score (nSPS) is 10.7. The van der Waals surface area contributed by atoms with Crippen molar-refractivity contribution in [3.05, 3.63) is 29.6 Å². The molecule has 0 spiro atoms. The Balaban J connectivity index is 3.61. The molecule has 5 nitrogen and oxygen atoms in total. The Morgan fingerprint density at radius 2 is 2.13 bits per heavy atom. The largest absolute Gasteiger partial charge is 0.446 e. The zero-order valence-corrected chi connectivity index (χ0v) is 8.80. The van der Waals surface area contributed by atoms with Crippen molar-refractivity contribution >= 4 is 21.5 Å². The molecule has 0 unspecified atom stereocenters. The molecule has 80 valence electrons. The number of nitriles is 1. The van der Waals surface area contributed by atoms with Crippen LogP contribution in [-0.4, -0.2) is 8.42 Å². The second-order valence-corrected chi connectivity index (χ2v) is 4.57. The second-order valence-electron chi connectivity index (χ2n) is 2.36. The van der Waals surface area contributed by atoms with Gasteiger partial charge >= 0.3 is 0 Å². The van der Waals surface area contributed by atoms with Crippen molar-refractivity contribution in [2.75, 3.05) is 0 Å². The molecule has 0 bridgehead atoms. The third kappa shape index (κ3) is 2.31. The first kappa shape index (κ1) is 11.6. The minimum Gasteiger partial charge on any atom is -0.446 e. The molecule has 0 saturated heterocycles. The van der Waals surface area contributed by atoms with E-state index in [-0.39, 0.29) is 0 Å². The third-order valence-electron chi connectivity index (χ3n) is 1.51. The van der Waals surface area contributed by atoms with Crippen molar-refractivity contribution in [1.29, 1.82) is 5.26 Å². The molecule has 1 aromatic rings. The average Bonchev–Trinajstić information content (AvgIpc) is 2.17. The summed E-state index contributed by atoms with van der Waals surface area (Å²) in [7, 11) is -4.24. The van der Waals surface area contributed by atoms with Crippen LogP contribution in [0.25, 0.3) is 0 Å². The van der Waals surface area contributed by atoms with Gasteiger partial charge < -0.3 is 4.21 Å². The molecule has 0 aliphatic heterocycles. The first-order chi connectivity index (χ1) is 7.03. The maximum atomic E-state index is 13.0. The fourth-order valence-corrected chi connectivity index (χ4v) is 2.27. The van der Waals surface area contributed by atoms with Gasteiger partial charge in [-0.2, -0.15) is 16.7 Å². The van der Waals surface area contributed by atoms with Crippen molar-refractivity contribution in [2.24, 2.45) is 3.77 Å². The van der Waals surface area contributed by atoms with Gasteiger partial charge in [0.2, 0.25) is 0 Å². The molecule has 0 N–H and O–H groups in total. The molecule has 0 aromatic heterocycles. The molecule has 15 heavy (non-hydrogen) atoms. The summed E-state index contributed by atoms with van der Waals surface area (Å²) in [6.07, 6.45) is 0. The van der Waals surface area contributed by atoms with Gasteiger partial charge in [-0.25, -0.2) is 12.8 Å². The minimum absolute atomic E-state index is 0.589. The van der Waals surface area contributed by atoms with Crippen LogP contribution >= 0.6 is 0 Å². The van der Waals surface area contributed by atoms with E-state index in [1.54, 1.807) is 0 Å². The van der Waals surface area contributed by atoms with E-state index in [9.17, 15) is 17.0 Å². The first-order valence-corrected chi connectivity index (χ1v) is 5.71. The monoisotopic (exact) mass is 247 g/mol. The molecule has 0 amide bonds. The number of sulfonamides is 1. The Morgan fingerprint density at radius 3 is 2.67 bits per heavy atom. The Labute approximate surface area is 88.5 Å². The number of thiol groups is 1. The fraction of sp³-hybridized carbons (Fsp3) is 0. The van der Waals surface area contributed by atoms with Gasteiger partial charge in [-0.3, -0.25) is 3.77 Å². The average molecular weight is 247 g/mol. The molecule has 8 heteroatoms. The van der Waals surface area contributed by atoms with Gasteiger partial charge in [0.15, 0.2) is 0 Å². The Kier molecular flexibility index (Phi) is 3.39. The van der Waals surface area contributed by atoms with E-state index in [2.05, 4.69) is 3.77 Å². The third-order valence-corrected chi connectivity index (χ3v) is 3.53. The van der Waals surface area contributed by atoms with Crippen LogP contribution in [0.2, 0.25) is 0 Å². The van der Waals surface area contributed by atoms with Gasteiger partial charge in [0.25, 0.3) is 10.0 Å². The van der Waals surface area contributed by atoms with Gasteiger partial charge in [-0.05, 0) is 12.1 Å². The summed E-state index contributed by atoms with van der Waals surface area (Å²) < 4.78 is 48.4. The zero-order valence-electron chi connectivity index (χ0n) is 7.08. The van der Waals surface area contributed by atoms with E-state index in [0.29, 0.717) is 0 Å². The number of hydrogen-bond acceptors (Lipinski definition) is 5. The van der Waals surface area contributed by atoms with Crippen molar-refractivity contribution < 1.29 is 17.0 Å². The van der Waals surface area contributed by atoms with Crippen molar-refractivity contribution in [1.82, 2.24) is 0 Å². The molecule has 1 aromatic carbocycles. The van der Waals surface area contributed by atoms with Crippen LogP contribution in [0.4, 0.5) is 4.39 Å². The highest BCUT2D eigenvalue weighted by atomic mass is 32.2. The van der Waals surface area contributed by atoms with Crippen LogP contribution in [0.1, 0.15) is 5.56 Å². The number of hydrogen-bond donors (Lipinski definition) is 0. The molecular weight excluding hydrogens is 243 g/mol. The highest BCUT2D eigenvalue weighted by Gasteiger charge is 2.17. The lowest BCUT2D eigenvalue weighted by Crippen LogP contribution is -2.01. The summed E-state index contributed by atoms with van der Waals surface area (Å²) in [4.78, 5) is -0.589. The summed E-state index contributed by atoms with van der Waals surface area (Å²) in [5, 5.41) is 8.55. The highest BCUT2D eigenvalue weighted by Crippen LogP contribution is 2.19. The fourth-order valence-electron chi connectivity index (χ4n) is 0.916. The quantitative estimate of drug-likeness (QED) is 0.569. The van der Waals surface area contributed by atoms with E-state index in [1.165, 1.54) is 6.07 Å². The Morgan fingerprint density at radius 1 is 1.47 bits per heavy atom. The lowest BCUT2D eigenvalue weighted by atomic mass is 10.2. The summed E-state index contributed by atoms with van der Waals surface area (Å²) in [6, 6.07) is 4.50. The standard InChI is InChI=1S/C7H4FN2O3S2/c8-6-2-1-3-7(5(6)4-9)15(12,13)10-14-11/h1-3,14H/q-1. The maximum absolute atomic E-state index is 13.0. The van der Waals surface area contributed by atoms with E-state index < -0.39 is 37.8 Å². The molecule has 0 heterocycles. The smallest absolute Gasteiger partial charge is 0.262 e. The Hall–Kier alpha value is -1.46. The van der Waals surface area contributed by atoms with E-state index >= 15 is 0 Å². The second kappa shape index (κ2) is 4.37. The summed E-state index contributed by atoms with van der Waals surface area (Å²) in [5.74, 6) is -0.962. The van der Waals surface area contributed by atoms with Crippen LogP contribution in [0.5, 0.6) is 0 Å². The highest BCUT2D eigenvalue weighted by molar-refractivity contribution is 7.93. The van der Waals surface area contributed by atoms with E-state index in [0.717, 1.165) is 18.2 Å². The van der Waals surface area contributed by atoms with Crippen molar-refractivity contribution in [3.63, 3.8) is 0 Å². The van der Waals surface area contributed by atoms with Gasteiger partial charge in [-0.1, -0.05) is 6.07 Å². The van der Waals surface area contributed by atoms with Crippen molar-refractivity contribution in [3.8, 4) is 6.07 Å². The van der Waals surface area contributed by atoms with Gasteiger partial charge in [0.05, 0.1) is 0 Å². The topological polar surface area (TPSA) is 87.4 Å². The van der Waals surface area contributed by atoms with Crippen LogP contribution in [-0.2, 0) is 25.7 Å². The predicted molar refractivity (Wildman–Crippen MR) is 50.2 cm³/mol. The van der Waals surface area contributed by atoms with Gasteiger partial charge in [0, 0.05) is 0 Å². The molecule has 0 aliphatic rings. The predicted octanol–water partition coefficient (Wildman–Crippen LogP) is 0.730. The number of rotatable bonds is 2. The Bertz CT molecular complexity index is 585. The van der Waals surface area contributed by atoms with Gasteiger partial charge in [-0.15, -0.1) is 0 Å². The molecular formula is C7H4FN2O3S2-. The molecule has 0 atom stereocenters. The summed E-state index contributed by atoms with van der Waals surface area (Å²) in [5.41, 5.74) is -0.634. The van der Waals surface area contributed by atoms with Gasteiger partial charge in [0.1, 0.15) is 22.3 Å². The van der Waals surface area contributed by atoms with Crippen LogP contribution < -0.4 is 0 Å². The SMILES string of the molecule is N#Cc1c(F)cccc1S(=O)(=O)N=[SH-]=O. The van der Waals surface area contributed by atoms with E-state index in [4.69, 9.17) is 5.26 Å². The molecule has 0 aliphatic carbocycles. The first-order valence-electron chi connectivity index (χ1n) is 3.51. The number of nitrogens with zero attached hydrogens (tertiary/aromatic N) is 2. The molecule has 0 fully saturated rings. The summed E-state index contributed by atoms with van der Waals surface area (Å²) in [6.45, 7) is 0. The van der Waals surface area contributed by atoms with Crippen LogP contribution in [0, 0.1) is 17.1 Å². The number of halogens is 1. The zero-order chi connectivity index (χ0) is 11.5. The molecule has 0 saturated carbocycles.